The van der Waals surface area contributed by atoms with Crippen LogP contribution in [0.1, 0.15) is 13.3 Å². The molecule has 0 spiro atoms. The van der Waals surface area contributed by atoms with Crippen LogP contribution in [0, 0.1) is 0 Å². The van der Waals surface area contributed by atoms with Crippen LogP contribution in [-0.4, -0.2) is 35.1 Å². The minimum atomic E-state index is -0.527. The number of aromatic nitrogens is 2. The smallest absolute Gasteiger partial charge is 0.321 e. The van der Waals surface area contributed by atoms with Gasteiger partial charge in [0, 0.05) is 6.54 Å². The topological polar surface area (TPSA) is 93.2 Å². The molecule has 0 radical (unpaired) electrons. The third-order valence-corrected chi connectivity index (χ3v) is 3.17. The van der Waals surface area contributed by atoms with Crippen LogP contribution in [0.2, 0.25) is 0 Å². The number of rotatable bonds is 5. The number of nitrogens with zero attached hydrogens (tertiary/aromatic N) is 2. The monoisotopic (exact) mass is 294 g/mol. The molecule has 0 fully saturated rings. The fraction of sp³-hybridized carbons (Fsp3) is 0.333. The molecule has 2 aromatic rings. The zero-order valence-corrected chi connectivity index (χ0v) is 11.7. The number of fused-ring (bicyclic) bond motifs is 1. The third-order valence-electron chi connectivity index (χ3n) is 2.35. The molecule has 20 heavy (non-hydrogen) atoms. The minimum Gasteiger partial charge on any atom is -0.467 e. The first-order valence-corrected chi connectivity index (χ1v) is 6.97. The Morgan fingerprint density at radius 2 is 2.25 bits per heavy atom. The van der Waals surface area contributed by atoms with Crippen LogP contribution < -0.4 is 15.4 Å². The van der Waals surface area contributed by atoms with E-state index in [1.54, 1.807) is 0 Å². The van der Waals surface area contributed by atoms with Crippen molar-refractivity contribution in [3.8, 4) is 5.88 Å². The molecule has 0 bridgehead atoms. The average molecular weight is 294 g/mol. The largest absolute Gasteiger partial charge is 0.467 e. The Kier molecular flexibility index (Phi) is 4.83. The van der Waals surface area contributed by atoms with Gasteiger partial charge >= 0.3 is 6.03 Å². The summed E-state index contributed by atoms with van der Waals surface area (Å²) in [6.07, 6.45) is 2.18. The SMILES string of the molecule is CCCNC(=O)NC(=O)COc1ncnc2sccc12. The second kappa shape index (κ2) is 6.80. The van der Waals surface area contributed by atoms with Gasteiger partial charge in [-0.15, -0.1) is 11.3 Å². The zero-order valence-electron chi connectivity index (χ0n) is 10.9. The van der Waals surface area contributed by atoms with E-state index >= 15 is 0 Å². The van der Waals surface area contributed by atoms with E-state index < -0.39 is 11.9 Å². The van der Waals surface area contributed by atoms with Crippen molar-refractivity contribution in [2.75, 3.05) is 13.2 Å². The number of nitrogens with one attached hydrogen (secondary N) is 2. The van der Waals surface area contributed by atoms with Crippen molar-refractivity contribution in [1.82, 2.24) is 20.6 Å². The van der Waals surface area contributed by atoms with E-state index in [9.17, 15) is 9.59 Å². The molecule has 2 heterocycles. The second-order valence-corrected chi connectivity index (χ2v) is 4.81. The Hall–Kier alpha value is -2.22. The van der Waals surface area contributed by atoms with Gasteiger partial charge in [0.25, 0.3) is 5.91 Å². The molecule has 0 aliphatic heterocycles. The van der Waals surface area contributed by atoms with Gasteiger partial charge < -0.3 is 10.1 Å². The van der Waals surface area contributed by atoms with Gasteiger partial charge in [-0.25, -0.2) is 14.8 Å². The summed E-state index contributed by atoms with van der Waals surface area (Å²) in [5.41, 5.74) is 0. The second-order valence-electron chi connectivity index (χ2n) is 3.91. The van der Waals surface area contributed by atoms with Crippen LogP contribution in [0.25, 0.3) is 10.2 Å². The lowest BCUT2D eigenvalue weighted by Crippen LogP contribution is -2.41. The van der Waals surface area contributed by atoms with E-state index in [0.29, 0.717) is 12.4 Å². The van der Waals surface area contributed by atoms with Gasteiger partial charge in [0.15, 0.2) is 6.61 Å². The van der Waals surface area contributed by atoms with Crippen LogP contribution in [-0.2, 0) is 4.79 Å². The summed E-state index contributed by atoms with van der Waals surface area (Å²) >= 11 is 1.46. The first kappa shape index (κ1) is 14.2. The Morgan fingerprint density at radius 3 is 3.05 bits per heavy atom. The van der Waals surface area contributed by atoms with Crippen LogP contribution in [0.15, 0.2) is 17.8 Å². The fourth-order valence-corrected chi connectivity index (χ4v) is 2.19. The molecular weight excluding hydrogens is 280 g/mol. The molecule has 0 aromatic carbocycles. The van der Waals surface area contributed by atoms with E-state index in [4.69, 9.17) is 4.74 Å². The molecule has 7 nitrogen and oxygen atoms in total. The molecule has 8 heteroatoms. The van der Waals surface area contributed by atoms with Crippen molar-refractivity contribution in [2.24, 2.45) is 0 Å². The van der Waals surface area contributed by atoms with Crippen molar-refractivity contribution in [2.45, 2.75) is 13.3 Å². The van der Waals surface area contributed by atoms with Crippen molar-refractivity contribution in [3.63, 3.8) is 0 Å². The molecule has 106 valence electrons. The number of thiophene rings is 1. The molecule has 2 rings (SSSR count). The summed E-state index contributed by atoms with van der Waals surface area (Å²) in [7, 11) is 0. The molecule has 0 aliphatic rings. The van der Waals surface area contributed by atoms with E-state index in [1.807, 2.05) is 18.4 Å². The average Bonchev–Trinajstić information content (AvgIpc) is 2.91. The third kappa shape index (κ3) is 3.64. The molecule has 0 saturated carbocycles. The molecule has 0 aliphatic carbocycles. The van der Waals surface area contributed by atoms with Crippen LogP contribution in [0.5, 0.6) is 5.88 Å². The number of hydrogen-bond donors (Lipinski definition) is 2. The summed E-state index contributed by atoms with van der Waals surface area (Å²) in [6, 6.07) is 1.30. The highest BCUT2D eigenvalue weighted by atomic mass is 32.1. The number of hydrogen-bond acceptors (Lipinski definition) is 6. The maximum absolute atomic E-state index is 11.5. The fourth-order valence-electron chi connectivity index (χ4n) is 1.46. The zero-order chi connectivity index (χ0) is 14.4. The predicted molar refractivity (Wildman–Crippen MR) is 74.7 cm³/mol. The predicted octanol–water partition coefficient (Wildman–Crippen LogP) is 1.31. The highest BCUT2D eigenvalue weighted by Gasteiger charge is 2.10. The number of imide groups is 1. The molecular formula is C12H14N4O3S. The van der Waals surface area contributed by atoms with E-state index in [0.717, 1.165) is 16.6 Å². The number of urea groups is 1. The molecule has 0 atom stereocenters. The molecule has 0 saturated heterocycles. The van der Waals surface area contributed by atoms with Gasteiger partial charge in [0.05, 0.1) is 5.39 Å². The van der Waals surface area contributed by atoms with Gasteiger partial charge in [0.2, 0.25) is 5.88 Å². The summed E-state index contributed by atoms with van der Waals surface area (Å²) < 4.78 is 5.31. The summed E-state index contributed by atoms with van der Waals surface area (Å²) in [4.78, 5) is 31.6. The molecule has 0 unspecified atom stereocenters. The maximum atomic E-state index is 11.5. The molecule has 3 amide bonds. The summed E-state index contributed by atoms with van der Waals surface area (Å²) in [5.74, 6) is -0.194. The highest BCUT2D eigenvalue weighted by molar-refractivity contribution is 7.16. The normalized spacial score (nSPS) is 10.2. The maximum Gasteiger partial charge on any atom is 0.321 e. The van der Waals surface area contributed by atoms with Crippen molar-refractivity contribution >= 4 is 33.5 Å². The standard InChI is InChI=1S/C12H14N4O3S/c1-2-4-13-12(18)16-9(17)6-19-10-8-3-5-20-11(8)15-7-14-10/h3,5,7H,2,4,6H2,1H3,(H2,13,16,17,18). The Bertz CT molecular complexity index is 614. The first-order chi connectivity index (χ1) is 9.70. The van der Waals surface area contributed by atoms with Crippen molar-refractivity contribution < 1.29 is 14.3 Å². The van der Waals surface area contributed by atoms with E-state index in [1.165, 1.54) is 17.7 Å². The van der Waals surface area contributed by atoms with Gasteiger partial charge in [0.1, 0.15) is 11.2 Å². The van der Waals surface area contributed by atoms with Gasteiger partial charge in [-0.3, -0.25) is 10.1 Å². The summed E-state index contributed by atoms with van der Waals surface area (Å²) in [6.45, 7) is 2.16. The van der Waals surface area contributed by atoms with E-state index in [2.05, 4.69) is 20.6 Å². The number of amides is 3. The van der Waals surface area contributed by atoms with Crippen LogP contribution in [0.4, 0.5) is 4.79 Å². The van der Waals surface area contributed by atoms with Crippen molar-refractivity contribution in [3.05, 3.63) is 17.8 Å². The highest BCUT2D eigenvalue weighted by Crippen LogP contribution is 2.25. The number of carbonyl (C=O) groups is 2. The van der Waals surface area contributed by atoms with Crippen molar-refractivity contribution in [1.29, 1.82) is 0 Å². The summed E-state index contributed by atoms with van der Waals surface area (Å²) in [5, 5.41) is 7.32. The lowest BCUT2D eigenvalue weighted by molar-refractivity contribution is -0.122. The van der Waals surface area contributed by atoms with Gasteiger partial charge in [-0.05, 0) is 17.9 Å². The minimum absolute atomic E-state index is 0.276. The molecule has 2 N–H and O–H groups in total. The Balaban J connectivity index is 1.87. The Morgan fingerprint density at radius 1 is 1.40 bits per heavy atom. The quantitative estimate of drug-likeness (QED) is 0.867. The Labute approximate surface area is 119 Å². The van der Waals surface area contributed by atoms with E-state index in [-0.39, 0.29) is 6.61 Å². The van der Waals surface area contributed by atoms with Gasteiger partial charge in [-0.2, -0.15) is 0 Å². The van der Waals surface area contributed by atoms with Crippen LogP contribution >= 0.6 is 11.3 Å². The molecule has 2 aromatic heterocycles. The lowest BCUT2D eigenvalue weighted by Gasteiger charge is -2.07. The number of carbonyl (C=O) groups excluding carboxylic acids is 2. The van der Waals surface area contributed by atoms with Gasteiger partial charge in [-0.1, -0.05) is 6.92 Å². The lowest BCUT2D eigenvalue weighted by atomic mass is 10.4. The number of ether oxygens (including phenoxy) is 1. The first-order valence-electron chi connectivity index (χ1n) is 6.09. The van der Waals surface area contributed by atoms with Crippen LogP contribution in [0.3, 0.4) is 0 Å².